The molecule has 3 heterocycles. The van der Waals surface area contributed by atoms with Gasteiger partial charge in [-0.25, -0.2) is 4.68 Å². The van der Waals surface area contributed by atoms with E-state index >= 15 is 0 Å². The van der Waals surface area contributed by atoms with Crippen molar-refractivity contribution >= 4 is 11.7 Å². The number of amides is 1. The molecule has 0 radical (unpaired) electrons. The molecule has 1 amide bonds. The van der Waals surface area contributed by atoms with E-state index in [1.54, 1.807) is 6.20 Å². The number of aromatic nitrogens is 2. The number of carbonyl (C=O) groups is 1. The zero-order valence-corrected chi connectivity index (χ0v) is 18.3. The van der Waals surface area contributed by atoms with E-state index in [4.69, 9.17) is 0 Å². The number of benzene rings is 1. The van der Waals surface area contributed by atoms with Gasteiger partial charge in [0, 0.05) is 51.3 Å². The molecule has 0 aliphatic carbocycles. The third-order valence-corrected chi connectivity index (χ3v) is 6.39. The second-order valence-corrected chi connectivity index (χ2v) is 9.24. The first-order chi connectivity index (χ1) is 14.6. The van der Waals surface area contributed by atoms with Crippen LogP contribution in [0.25, 0.3) is 0 Å². The average molecular weight is 410 g/mol. The quantitative estimate of drug-likeness (QED) is 0.756. The maximum absolute atomic E-state index is 12.2. The minimum atomic E-state index is 0.0775. The minimum absolute atomic E-state index is 0.0775. The van der Waals surface area contributed by atoms with E-state index in [1.807, 2.05) is 10.7 Å². The largest absolute Gasteiger partial charge is 0.311 e. The van der Waals surface area contributed by atoms with E-state index in [0.29, 0.717) is 24.4 Å². The molecule has 0 unspecified atom stereocenters. The average Bonchev–Trinajstić information content (AvgIpc) is 3.38. The van der Waals surface area contributed by atoms with Crippen molar-refractivity contribution in [1.82, 2.24) is 19.6 Å². The molecule has 6 nitrogen and oxygen atoms in total. The normalized spacial score (nSPS) is 21.4. The first-order valence-corrected chi connectivity index (χ1v) is 11.4. The Morgan fingerprint density at radius 1 is 1.07 bits per heavy atom. The minimum Gasteiger partial charge on any atom is -0.311 e. The lowest BCUT2D eigenvalue weighted by Gasteiger charge is -2.36. The van der Waals surface area contributed by atoms with E-state index in [0.717, 1.165) is 44.8 Å². The van der Waals surface area contributed by atoms with E-state index in [2.05, 4.69) is 64.4 Å². The van der Waals surface area contributed by atoms with Crippen molar-refractivity contribution in [2.75, 3.05) is 31.5 Å². The second kappa shape index (κ2) is 9.75. The highest BCUT2D eigenvalue weighted by Crippen LogP contribution is 2.29. The summed E-state index contributed by atoms with van der Waals surface area (Å²) in [5.74, 6) is 1.28. The van der Waals surface area contributed by atoms with E-state index in [9.17, 15) is 4.79 Å². The predicted octanol–water partition coefficient (Wildman–Crippen LogP) is 3.78. The highest BCUT2D eigenvalue weighted by atomic mass is 16.1. The number of piperidine rings is 1. The lowest BCUT2D eigenvalue weighted by atomic mass is 10.0. The van der Waals surface area contributed by atoms with Crippen LogP contribution in [0.15, 0.2) is 42.6 Å². The molecule has 30 heavy (non-hydrogen) atoms. The van der Waals surface area contributed by atoms with Gasteiger partial charge in [-0.1, -0.05) is 44.2 Å². The van der Waals surface area contributed by atoms with Crippen LogP contribution in [-0.4, -0.2) is 57.7 Å². The van der Waals surface area contributed by atoms with Crippen molar-refractivity contribution in [2.45, 2.75) is 58.2 Å². The summed E-state index contributed by atoms with van der Waals surface area (Å²) in [6.45, 7) is 9.75. The van der Waals surface area contributed by atoms with Crippen LogP contribution in [0.4, 0.5) is 5.82 Å². The van der Waals surface area contributed by atoms with Crippen LogP contribution >= 0.6 is 0 Å². The fraction of sp³-hybridized carbons (Fsp3) is 0.583. The van der Waals surface area contributed by atoms with Crippen molar-refractivity contribution in [3.63, 3.8) is 0 Å². The van der Waals surface area contributed by atoms with E-state index in [1.165, 1.54) is 18.5 Å². The Morgan fingerprint density at radius 3 is 2.53 bits per heavy atom. The summed E-state index contributed by atoms with van der Waals surface area (Å²) in [5, 5.41) is 7.58. The van der Waals surface area contributed by atoms with Crippen LogP contribution in [0, 0.1) is 5.92 Å². The van der Waals surface area contributed by atoms with Gasteiger partial charge >= 0.3 is 0 Å². The summed E-state index contributed by atoms with van der Waals surface area (Å²) in [5.41, 5.74) is 1.41. The molecule has 2 aromatic rings. The number of hydrogen-bond acceptors (Lipinski definition) is 4. The number of likely N-dealkylation sites (tertiary alicyclic amines) is 2. The maximum Gasteiger partial charge on any atom is 0.225 e. The first-order valence-electron chi connectivity index (χ1n) is 11.4. The summed E-state index contributed by atoms with van der Waals surface area (Å²) in [6, 6.07) is 13.7. The molecule has 2 saturated heterocycles. The number of hydrogen-bond donors (Lipinski definition) is 1. The third kappa shape index (κ3) is 5.29. The van der Waals surface area contributed by atoms with Gasteiger partial charge in [0.15, 0.2) is 0 Å². The molecular formula is C24H35N5O. The highest BCUT2D eigenvalue weighted by molar-refractivity contribution is 5.89. The Balaban J connectivity index is 1.27. The maximum atomic E-state index is 12.2. The standard InChI is InChI=1S/C24H35N5O/c1-19(2)16-24(30)26-23-8-12-25-29(23)21-10-14-28(15-11-21)22-9-13-27(18-22)17-20-6-4-3-5-7-20/h3-8,12,19,21-22H,9-11,13-18H2,1-2H3,(H,26,30)/t22-/m1/s1. The van der Waals surface area contributed by atoms with E-state index in [-0.39, 0.29) is 5.91 Å². The van der Waals surface area contributed by atoms with Gasteiger partial charge in [0.1, 0.15) is 5.82 Å². The molecule has 0 spiro atoms. The smallest absolute Gasteiger partial charge is 0.225 e. The van der Waals surface area contributed by atoms with Gasteiger partial charge < -0.3 is 5.32 Å². The Morgan fingerprint density at radius 2 is 1.80 bits per heavy atom. The Bertz CT molecular complexity index is 810. The van der Waals surface area contributed by atoms with Gasteiger partial charge in [0.2, 0.25) is 5.91 Å². The van der Waals surface area contributed by atoms with Gasteiger partial charge in [-0.3, -0.25) is 14.6 Å². The summed E-state index contributed by atoms with van der Waals surface area (Å²) in [4.78, 5) is 17.4. The van der Waals surface area contributed by atoms with Crippen molar-refractivity contribution in [1.29, 1.82) is 0 Å². The van der Waals surface area contributed by atoms with Crippen molar-refractivity contribution in [3.05, 3.63) is 48.2 Å². The van der Waals surface area contributed by atoms with Crippen LogP contribution in [0.3, 0.4) is 0 Å². The molecule has 1 N–H and O–H groups in total. The number of rotatable bonds is 7. The van der Waals surface area contributed by atoms with Crippen molar-refractivity contribution < 1.29 is 4.79 Å². The number of anilines is 1. The summed E-state index contributed by atoms with van der Waals surface area (Å²) < 4.78 is 2.03. The summed E-state index contributed by atoms with van der Waals surface area (Å²) >= 11 is 0. The number of nitrogens with one attached hydrogen (secondary N) is 1. The van der Waals surface area contributed by atoms with Gasteiger partial charge in [-0.15, -0.1) is 0 Å². The molecule has 2 aliphatic rings. The van der Waals surface area contributed by atoms with Crippen LogP contribution in [-0.2, 0) is 11.3 Å². The fourth-order valence-corrected chi connectivity index (χ4v) is 4.86. The second-order valence-electron chi connectivity index (χ2n) is 9.24. The lowest BCUT2D eigenvalue weighted by molar-refractivity contribution is -0.116. The Hall–Kier alpha value is -2.18. The SMILES string of the molecule is CC(C)CC(=O)Nc1ccnn1C1CCN([C@@H]2CCN(Cc3ccccc3)C2)CC1. The van der Waals surface area contributed by atoms with Gasteiger partial charge in [-0.05, 0) is 30.7 Å². The number of carbonyl (C=O) groups excluding carboxylic acids is 1. The molecule has 1 aromatic heterocycles. The molecule has 2 fully saturated rings. The highest BCUT2D eigenvalue weighted by Gasteiger charge is 2.31. The zero-order valence-electron chi connectivity index (χ0n) is 18.3. The van der Waals surface area contributed by atoms with Gasteiger partial charge in [0.05, 0.1) is 12.2 Å². The Labute approximate surface area is 180 Å². The molecule has 2 aliphatic heterocycles. The zero-order chi connectivity index (χ0) is 20.9. The molecule has 1 atom stereocenters. The van der Waals surface area contributed by atoms with Crippen LogP contribution in [0.5, 0.6) is 0 Å². The van der Waals surface area contributed by atoms with Crippen molar-refractivity contribution in [2.24, 2.45) is 5.92 Å². The number of nitrogens with zero attached hydrogens (tertiary/aromatic N) is 4. The molecule has 0 saturated carbocycles. The van der Waals surface area contributed by atoms with Crippen LogP contribution < -0.4 is 5.32 Å². The first kappa shape index (κ1) is 21.1. The van der Waals surface area contributed by atoms with E-state index < -0.39 is 0 Å². The van der Waals surface area contributed by atoms with Gasteiger partial charge in [-0.2, -0.15) is 5.10 Å². The molecule has 0 bridgehead atoms. The molecule has 1 aromatic carbocycles. The molecule has 162 valence electrons. The molecule has 6 heteroatoms. The summed E-state index contributed by atoms with van der Waals surface area (Å²) in [6.07, 6.45) is 5.78. The molecule has 4 rings (SSSR count). The van der Waals surface area contributed by atoms with Gasteiger partial charge in [0.25, 0.3) is 0 Å². The monoisotopic (exact) mass is 409 g/mol. The van der Waals surface area contributed by atoms with Crippen LogP contribution in [0.2, 0.25) is 0 Å². The topological polar surface area (TPSA) is 53.4 Å². The van der Waals surface area contributed by atoms with Crippen LogP contribution in [0.1, 0.15) is 51.1 Å². The third-order valence-electron chi connectivity index (χ3n) is 6.39. The predicted molar refractivity (Wildman–Crippen MR) is 120 cm³/mol. The molecular weight excluding hydrogens is 374 g/mol. The fourth-order valence-electron chi connectivity index (χ4n) is 4.86. The summed E-state index contributed by atoms with van der Waals surface area (Å²) in [7, 11) is 0. The lowest BCUT2D eigenvalue weighted by Crippen LogP contribution is -2.43. The Kier molecular flexibility index (Phi) is 6.85. The van der Waals surface area contributed by atoms with Crippen molar-refractivity contribution in [3.8, 4) is 0 Å².